The van der Waals surface area contributed by atoms with E-state index in [9.17, 15) is 10.1 Å². The van der Waals surface area contributed by atoms with Crippen LogP contribution in [0.15, 0.2) is 54.6 Å². The Morgan fingerprint density at radius 2 is 1.77 bits per heavy atom. The molecular formula is C23H23N5O3. The number of rotatable bonds is 8. The van der Waals surface area contributed by atoms with E-state index in [1.807, 2.05) is 61.6 Å². The average Bonchev–Trinajstić information content (AvgIpc) is 2.79. The Morgan fingerprint density at radius 1 is 1.10 bits per heavy atom. The maximum Gasteiger partial charge on any atom is 0.234 e. The summed E-state index contributed by atoms with van der Waals surface area (Å²) in [6.45, 7) is 2.07. The van der Waals surface area contributed by atoms with Gasteiger partial charge in [-0.25, -0.2) is 4.98 Å². The lowest BCUT2D eigenvalue weighted by molar-refractivity contribution is -0.118. The molecule has 2 aromatic carbocycles. The predicted octanol–water partition coefficient (Wildman–Crippen LogP) is 3.60. The van der Waals surface area contributed by atoms with Crippen LogP contribution in [0.4, 0.5) is 11.6 Å². The third kappa shape index (κ3) is 5.93. The number of carbonyl (C=O) groups is 1. The second-order valence-corrected chi connectivity index (χ2v) is 6.74. The van der Waals surface area contributed by atoms with Gasteiger partial charge in [0.1, 0.15) is 23.3 Å². The molecule has 3 rings (SSSR count). The van der Waals surface area contributed by atoms with Crippen molar-refractivity contribution in [2.45, 2.75) is 13.3 Å². The van der Waals surface area contributed by atoms with Gasteiger partial charge in [0.2, 0.25) is 17.7 Å². The molecule has 1 heterocycles. The van der Waals surface area contributed by atoms with Gasteiger partial charge in [-0.15, -0.1) is 0 Å². The zero-order chi connectivity index (χ0) is 22.2. The number of nitrogens with zero attached hydrogens (tertiary/aromatic N) is 4. The fourth-order valence-electron chi connectivity index (χ4n) is 2.82. The molecule has 0 unspecified atom stereocenters. The first-order chi connectivity index (χ1) is 15.0. The smallest absolute Gasteiger partial charge is 0.234 e. The van der Waals surface area contributed by atoms with Gasteiger partial charge in [0.25, 0.3) is 0 Å². The first-order valence-corrected chi connectivity index (χ1v) is 9.66. The van der Waals surface area contributed by atoms with Gasteiger partial charge < -0.3 is 19.7 Å². The van der Waals surface area contributed by atoms with Crippen molar-refractivity contribution in [2.24, 2.45) is 0 Å². The maximum absolute atomic E-state index is 11.0. The zero-order valence-electron chi connectivity index (χ0n) is 17.6. The van der Waals surface area contributed by atoms with E-state index in [0.717, 1.165) is 23.4 Å². The first kappa shape index (κ1) is 21.6. The lowest BCUT2D eigenvalue weighted by Crippen LogP contribution is -2.22. The van der Waals surface area contributed by atoms with E-state index < -0.39 is 0 Å². The number of carbonyl (C=O) groups excluding carboxylic acids is 1. The highest BCUT2D eigenvalue weighted by Crippen LogP contribution is 2.27. The van der Waals surface area contributed by atoms with E-state index in [1.165, 1.54) is 13.0 Å². The Labute approximate surface area is 181 Å². The highest BCUT2D eigenvalue weighted by molar-refractivity contribution is 5.72. The van der Waals surface area contributed by atoms with Crippen LogP contribution < -0.4 is 19.7 Å². The van der Waals surface area contributed by atoms with Gasteiger partial charge in [-0.05, 0) is 48.4 Å². The van der Waals surface area contributed by atoms with E-state index >= 15 is 0 Å². The van der Waals surface area contributed by atoms with Crippen LogP contribution in [0.2, 0.25) is 0 Å². The fraction of sp³-hybridized carbons (Fsp3) is 0.217. The van der Waals surface area contributed by atoms with E-state index in [0.29, 0.717) is 18.2 Å². The van der Waals surface area contributed by atoms with Gasteiger partial charge in [0, 0.05) is 32.3 Å². The number of anilines is 2. The summed E-state index contributed by atoms with van der Waals surface area (Å²) in [4.78, 5) is 21.5. The Kier molecular flexibility index (Phi) is 7.01. The number of methoxy groups -OCH3 is 1. The van der Waals surface area contributed by atoms with Gasteiger partial charge in [-0.1, -0.05) is 12.1 Å². The summed E-state index contributed by atoms with van der Waals surface area (Å²) in [7, 11) is 3.42. The summed E-state index contributed by atoms with van der Waals surface area (Å²) in [5, 5.41) is 12.1. The second kappa shape index (κ2) is 10.1. The van der Waals surface area contributed by atoms with Gasteiger partial charge >= 0.3 is 0 Å². The molecule has 158 valence electrons. The molecule has 1 N–H and O–H groups in total. The van der Waals surface area contributed by atoms with Gasteiger partial charge in [0.05, 0.1) is 7.11 Å². The Morgan fingerprint density at radius 3 is 2.39 bits per heavy atom. The van der Waals surface area contributed by atoms with Gasteiger partial charge in [-0.2, -0.15) is 10.2 Å². The predicted molar refractivity (Wildman–Crippen MR) is 117 cm³/mol. The summed E-state index contributed by atoms with van der Waals surface area (Å²) in [5.41, 5.74) is 2.11. The van der Waals surface area contributed by atoms with E-state index in [2.05, 4.69) is 15.3 Å². The third-order valence-corrected chi connectivity index (χ3v) is 4.50. The molecule has 31 heavy (non-hydrogen) atoms. The van der Waals surface area contributed by atoms with Crippen molar-refractivity contribution >= 4 is 17.5 Å². The quantitative estimate of drug-likeness (QED) is 0.598. The molecule has 1 amide bonds. The number of hydrogen-bond donors (Lipinski definition) is 1. The number of hydrogen-bond acceptors (Lipinski definition) is 7. The van der Waals surface area contributed by atoms with Crippen LogP contribution in [0, 0.1) is 11.3 Å². The van der Waals surface area contributed by atoms with Crippen LogP contribution in [0.5, 0.6) is 17.4 Å². The number of aromatic nitrogens is 2. The van der Waals surface area contributed by atoms with Gasteiger partial charge in [-0.3, -0.25) is 4.79 Å². The van der Waals surface area contributed by atoms with Crippen molar-refractivity contribution in [3.8, 4) is 23.4 Å². The van der Waals surface area contributed by atoms with E-state index in [1.54, 1.807) is 12.0 Å². The topological polar surface area (TPSA) is 100 Å². The first-order valence-electron chi connectivity index (χ1n) is 9.66. The largest absolute Gasteiger partial charge is 0.497 e. The molecule has 0 saturated carbocycles. The molecule has 0 atom stereocenters. The molecule has 8 nitrogen and oxygen atoms in total. The molecule has 0 fully saturated rings. The molecule has 0 aliphatic rings. The van der Waals surface area contributed by atoms with Crippen LogP contribution in [-0.4, -0.2) is 36.6 Å². The zero-order valence-corrected chi connectivity index (χ0v) is 17.6. The normalized spacial score (nSPS) is 10.1. The number of nitriles is 1. The summed E-state index contributed by atoms with van der Waals surface area (Å²) in [6, 6.07) is 18.5. The summed E-state index contributed by atoms with van der Waals surface area (Å²) >= 11 is 0. The average molecular weight is 417 g/mol. The van der Waals surface area contributed by atoms with Crippen molar-refractivity contribution in [1.29, 1.82) is 5.26 Å². The summed E-state index contributed by atoms with van der Waals surface area (Å²) < 4.78 is 11.0. The number of nitrogens with one attached hydrogen (secondary N) is 1. The van der Waals surface area contributed by atoms with E-state index in [4.69, 9.17) is 9.47 Å². The Balaban J connectivity index is 1.75. The maximum atomic E-state index is 11.0. The molecule has 8 heteroatoms. The van der Waals surface area contributed by atoms with Crippen molar-refractivity contribution in [3.05, 3.63) is 65.9 Å². The molecule has 0 saturated heterocycles. The Hall–Kier alpha value is -4.12. The number of ether oxygens (including phenoxy) is 2. The van der Waals surface area contributed by atoms with E-state index in [-0.39, 0.29) is 17.5 Å². The highest BCUT2D eigenvalue weighted by atomic mass is 16.5. The minimum atomic E-state index is -0.0487. The summed E-state index contributed by atoms with van der Waals surface area (Å²) in [6.07, 6.45) is 0.725. The van der Waals surface area contributed by atoms with Crippen LogP contribution in [0.1, 0.15) is 18.2 Å². The lowest BCUT2D eigenvalue weighted by atomic mass is 10.1. The van der Waals surface area contributed by atoms with Crippen molar-refractivity contribution in [3.63, 3.8) is 0 Å². The third-order valence-electron chi connectivity index (χ3n) is 4.50. The minimum Gasteiger partial charge on any atom is -0.497 e. The second-order valence-electron chi connectivity index (χ2n) is 6.74. The SMILES string of the molecule is COc1ccc(N(C)c2nc(C#N)cc(Oc3ccc(CCNC(C)=O)cc3)n2)cc1. The van der Waals surface area contributed by atoms with Crippen LogP contribution in [0.3, 0.4) is 0 Å². The monoisotopic (exact) mass is 417 g/mol. The number of benzene rings is 2. The van der Waals surface area contributed by atoms with Crippen molar-refractivity contribution in [1.82, 2.24) is 15.3 Å². The minimum absolute atomic E-state index is 0.0487. The molecule has 0 aliphatic heterocycles. The molecule has 0 bridgehead atoms. The molecule has 0 aliphatic carbocycles. The molecule has 0 spiro atoms. The van der Waals surface area contributed by atoms with Crippen molar-refractivity contribution in [2.75, 3.05) is 25.6 Å². The van der Waals surface area contributed by atoms with Crippen LogP contribution in [0.25, 0.3) is 0 Å². The number of amides is 1. The lowest BCUT2D eigenvalue weighted by Gasteiger charge is -2.18. The molecule has 1 aromatic heterocycles. The standard InChI is InChI=1S/C23H23N5O3/c1-16(29)25-13-12-17-4-8-21(9-5-17)31-22-14-18(15-24)26-23(27-22)28(2)19-6-10-20(30-3)11-7-19/h4-11,14H,12-13H2,1-3H3,(H,25,29). The van der Waals surface area contributed by atoms with Crippen LogP contribution >= 0.6 is 0 Å². The molecule has 3 aromatic rings. The highest BCUT2D eigenvalue weighted by Gasteiger charge is 2.12. The fourth-order valence-corrected chi connectivity index (χ4v) is 2.82. The molecular weight excluding hydrogens is 394 g/mol. The van der Waals surface area contributed by atoms with Gasteiger partial charge in [0.15, 0.2) is 0 Å². The van der Waals surface area contributed by atoms with Crippen molar-refractivity contribution < 1.29 is 14.3 Å². The van der Waals surface area contributed by atoms with Crippen LogP contribution in [-0.2, 0) is 11.2 Å². The summed E-state index contributed by atoms with van der Waals surface area (Å²) in [5.74, 6) is 1.89. The Bertz CT molecular complexity index is 1080. The molecule has 0 radical (unpaired) electrons.